The molecule has 4 atom stereocenters. The molecule has 4 bridgehead atoms. The largest absolute Gasteiger partial charge is 0.492 e. The van der Waals surface area contributed by atoms with Gasteiger partial charge in [0.15, 0.2) is 0 Å². The molecule has 16 nitrogen and oxygen atoms in total. The minimum absolute atomic E-state index is 0.0287. The Bertz CT molecular complexity index is 1780. The third kappa shape index (κ3) is 12.1. The third-order valence-electron chi connectivity index (χ3n) is 10.8. The molecule has 10 N–H and O–H groups in total. The Labute approximate surface area is 341 Å². The van der Waals surface area contributed by atoms with Crippen LogP contribution in [0.2, 0.25) is 0 Å². The van der Waals surface area contributed by atoms with Crippen molar-refractivity contribution in [3.63, 3.8) is 0 Å². The van der Waals surface area contributed by atoms with Crippen LogP contribution in [-0.4, -0.2) is 99.0 Å². The summed E-state index contributed by atoms with van der Waals surface area (Å²) >= 11 is 0. The van der Waals surface area contributed by atoms with Gasteiger partial charge in [-0.05, 0) is 86.9 Å². The lowest BCUT2D eigenvalue weighted by molar-refractivity contribution is -0.143. The lowest BCUT2D eigenvalue weighted by Crippen LogP contribution is -2.56. The van der Waals surface area contributed by atoms with Crippen LogP contribution in [0.1, 0.15) is 82.4 Å². The number of rotatable bonds is 17. The highest BCUT2D eigenvalue weighted by atomic mass is 16.5. The molecule has 0 saturated heterocycles. The zero-order chi connectivity index (χ0) is 42.2. The van der Waals surface area contributed by atoms with Crippen LogP contribution in [0.15, 0.2) is 36.4 Å². The first-order valence-electron chi connectivity index (χ1n) is 20.4. The molecule has 5 amide bonds. The van der Waals surface area contributed by atoms with Crippen LogP contribution in [0, 0.1) is 23.2 Å². The summed E-state index contributed by atoms with van der Waals surface area (Å²) in [5.74, 6) is -1.50. The summed E-state index contributed by atoms with van der Waals surface area (Å²) in [5, 5.41) is 20.0. The first-order chi connectivity index (χ1) is 27.9. The molecule has 316 valence electrons. The Morgan fingerprint density at radius 2 is 1.57 bits per heavy atom. The Hall–Kier alpha value is -5.24. The molecule has 1 saturated carbocycles. The lowest BCUT2D eigenvalue weighted by Gasteiger charge is -2.33. The van der Waals surface area contributed by atoms with E-state index >= 15 is 0 Å². The summed E-state index contributed by atoms with van der Waals surface area (Å²) in [4.78, 5) is 70.7. The van der Waals surface area contributed by atoms with Gasteiger partial charge in [-0.25, -0.2) is 0 Å². The van der Waals surface area contributed by atoms with E-state index in [1.54, 1.807) is 36.4 Å². The summed E-state index contributed by atoms with van der Waals surface area (Å²) in [7, 11) is 1.47. The van der Waals surface area contributed by atoms with Gasteiger partial charge in [0.25, 0.3) is 0 Å². The van der Waals surface area contributed by atoms with E-state index in [0.29, 0.717) is 39.7 Å². The second-order valence-corrected chi connectivity index (χ2v) is 15.1. The molecule has 1 aliphatic carbocycles. The number of nitriles is 1. The first kappa shape index (κ1) is 45.5. The number of ether oxygens (including phenoxy) is 2. The quantitative estimate of drug-likeness (QED) is 0.113. The summed E-state index contributed by atoms with van der Waals surface area (Å²) in [6.07, 6.45) is 7.02. The number of hydrogen-bond donors (Lipinski definition) is 7. The van der Waals surface area contributed by atoms with Gasteiger partial charge in [-0.3, -0.25) is 24.0 Å². The summed E-state index contributed by atoms with van der Waals surface area (Å²) in [5.41, 5.74) is 19.6. The molecular weight excluding hydrogens is 743 g/mol. The van der Waals surface area contributed by atoms with Gasteiger partial charge in [-0.15, -0.1) is 0 Å². The van der Waals surface area contributed by atoms with Gasteiger partial charge in [-0.1, -0.05) is 38.3 Å². The van der Waals surface area contributed by atoms with Gasteiger partial charge in [0, 0.05) is 43.6 Å². The van der Waals surface area contributed by atoms with E-state index in [4.69, 9.17) is 31.9 Å². The third-order valence-corrected chi connectivity index (χ3v) is 10.8. The fourth-order valence-electron chi connectivity index (χ4n) is 7.63. The van der Waals surface area contributed by atoms with Crippen LogP contribution in [0.25, 0.3) is 11.1 Å². The van der Waals surface area contributed by atoms with Crippen LogP contribution in [0.5, 0.6) is 11.5 Å². The fraction of sp³-hybridized carbons (Fsp3) is 0.571. The Kier molecular flexibility index (Phi) is 17.7. The molecular formula is C42H61N9O7. The van der Waals surface area contributed by atoms with E-state index < -0.39 is 47.8 Å². The normalized spacial score (nSPS) is 21.2. The van der Waals surface area contributed by atoms with E-state index in [1.807, 2.05) is 6.07 Å². The molecule has 1 fully saturated rings. The highest BCUT2D eigenvalue weighted by Crippen LogP contribution is 2.40. The topological polar surface area (TPSA) is 257 Å². The van der Waals surface area contributed by atoms with E-state index in [2.05, 4.69) is 28.2 Å². The van der Waals surface area contributed by atoms with E-state index in [1.165, 1.54) is 25.3 Å². The molecule has 1 aliphatic heterocycles. The Morgan fingerprint density at radius 3 is 2.19 bits per heavy atom. The van der Waals surface area contributed by atoms with Gasteiger partial charge in [-0.2, -0.15) is 5.26 Å². The second kappa shape index (κ2) is 22.6. The van der Waals surface area contributed by atoms with Crippen molar-refractivity contribution in [2.24, 2.45) is 29.0 Å². The fourth-order valence-corrected chi connectivity index (χ4v) is 7.63. The maximum atomic E-state index is 14.5. The molecule has 16 heteroatoms. The highest BCUT2D eigenvalue weighted by Gasteiger charge is 2.37. The number of fused-ring (bicyclic) bond motifs is 5. The lowest BCUT2D eigenvalue weighted by atomic mass is 9.79. The number of carbonyl (C=O) groups excluding carboxylic acids is 5. The minimum Gasteiger partial charge on any atom is -0.492 e. The number of likely N-dealkylation sites (N-methyl/N-ethyl adjacent to an activating group) is 1. The van der Waals surface area contributed by atoms with E-state index in [0.717, 1.165) is 38.5 Å². The van der Waals surface area contributed by atoms with Crippen molar-refractivity contribution in [2.45, 2.75) is 95.8 Å². The minimum atomic E-state index is -1.31. The number of carbonyl (C=O) groups is 5. The second-order valence-electron chi connectivity index (χ2n) is 15.1. The van der Waals surface area contributed by atoms with Crippen molar-refractivity contribution in [1.82, 2.24) is 26.2 Å². The Morgan fingerprint density at radius 1 is 0.914 bits per heavy atom. The molecule has 0 aromatic heterocycles. The average Bonchev–Trinajstić information content (AvgIpc) is 3.22. The molecule has 2 aliphatic rings. The zero-order valence-corrected chi connectivity index (χ0v) is 34.0. The number of nitrogens with one attached hydrogen (secondary N) is 4. The maximum absolute atomic E-state index is 14.5. The number of nitrogens with zero attached hydrogens (tertiary/aromatic N) is 2. The number of benzene rings is 2. The van der Waals surface area contributed by atoms with Crippen LogP contribution in [-0.2, 0) is 30.4 Å². The van der Waals surface area contributed by atoms with Gasteiger partial charge >= 0.3 is 0 Å². The Balaban J connectivity index is 1.79. The van der Waals surface area contributed by atoms with Crippen molar-refractivity contribution < 1.29 is 33.4 Å². The van der Waals surface area contributed by atoms with Crippen LogP contribution < -0.4 is 47.9 Å². The standard InChI is InChI=1S/C42H61N9O7/c1-4-5-6-27-7-10-29(11-8-27)39(53)49-33(15-16-43)42(56)51(3)37-30-12-14-36(58-22-19-46)32(25-30)31-23-28(9-13-35(31)57-21-18-45)24-34(40(54)47-20-17-44)50-38(52)26(2)48-41(37)55/h9,12-14,23,25-27,29,33-34,37H,4-8,10-11,15-16,18-22,24,43,45-46H2,1-3H3,(H,47,54)(H,48,55)(H,49,53)(H,50,52)/t26-,27-,29-,33-,34-,37-/m0/s1. The van der Waals surface area contributed by atoms with Crippen LogP contribution in [0.4, 0.5) is 0 Å². The molecule has 4 rings (SSSR count). The van der Waals surface area contributed by atoms with Crippen molar-refractivity contribution in [2.75, 3.05) is 46.4 Å². The molecule has 0 unspecified atom stereocenters. The summed E-state index contributed by atoms with van der Waals surface area (Å²) in [6, 6.07) is 7.57. The smallest absolute Gasteiger partial charge is 0.248 e. The molecule has 1 heterocycles. The monoisotopic (exact) mass is 803 g/mol. The van der Waals surface area contributed by atoms with Gasteiger partial charge in [0.05, 0.1) is 6.07 Å². The van der Waals surface area contributed by atoms with Crippen molar-refractivity contribution >= 4 is 29.5 Å². The predicted molar refractivity (Wildman–Crippen MR) is 219 cm³/mol. The SMILES string of the molecule is CCCC[C@H]1CC[C@H](C(=O)N[C@@H](CCN)C(=O)N(C)[C@@H]2C(=O)N[C@@H](C)C(=O)N[C@H](C(=O)NCC#N)Cc3ccc(OCCN)c(c3)-c3cc2ccc3OCCN)CC1. The number of nitrogens with two attached hydrogens (primary N) is 3. The molecule has 0 spiro atoms. The van der Waals surface area contributed by atoms with Gasteiger partial charge < -0.3 is 52.8 Å². The number of amides is 5. The van der Waals surface area contributed by atoms with E-state index in [9.17, 15) is 24.0 Å². The number of hydrogen-bond acceptors (Lipinski definition) is 11. The predicted octanol–water partition coefficient (Wildman–Crippen LogP) is 1.54. The zero-order valence-electron chi connectivity index (χ0n) is 34.0. The van der Waals surface area contributed by atoms with Gasteiger partial charge in [0.2, 0.25) is 29.5 Å². The van der Waals surface area contributed by atoms with Crippen LogP contribution >= 0.6 is 0 Å². The molecule has 2 aromatic carbocycles. The number of unbranched alkanes of at least 4 members (excludes halogenated alkanes) is 1. The van der Waals surface area contributed by atoms with Gasteiger partial charge in [0.1, 0.15) is 55.4 Å². The molecule has 2 aromatic rings. The first-order valence-corrected chi connectivity index (χ1v) is 20.4. The van der Waals surface area contributed by atoms with E-state index in [-0.39, 0.29) is 64.1 Å². The highest BCUT2D eigenvalue weighted by molar-refractivity contribution is 5.96. The summed E-state index contributed by atoms with van der Waals surface area (Å²) < 4.78 is 12.2. The van der Waals surface area contributed by atoms with Crippen LogP contribution in [0.3, 0.4) is 0 Å². The van der Waals surface area contributed by atoms with Crippen molar-refractivity contribution in [3.05, 3.63) is 47.5 Å². The maximum Gasteiger partial charge on any atom is 0.248 e. The average molecular weight is 804 g/mol. The summed E-state index contributed by atoms with van der Waals surface area (Å²) in [6.45, 7) is 4.24. The molecule has 0 radical (unpaired) electrons. The van der Waals surface area contributed by atoms with Crippen molar-refractivity contribution in [3.8, 4) is 28.7 Å². The molecule has 58 heavy (non-hydrogen) atoms. The van der Waals surface area contributed by atoms with Crippen molar-refractivity contribution in [1.29, 1.82) is 5.26 Å².